The number of amides is 1. The van der Waals surface area contributed by atoms with Gasteiger partial charge in [0.15, 0.2) is 5.13 Å². The van der Waals surface area contributed by atoms with Crippen LogP contribution < -0.4 is 9.74 Å². The maximum absolute atomic E-state index is 12.8. The highest BCUT2D eigenvalue weighted by Crippen LogP contribution is 2.67. The third-order valence-electron chi connectivity index (χ3n) is 10.3. The topological polar surface area (TPSA) is 103 Å². The normalized spacial score (nSPS) is 34.1. The van der Waals surface area contributed by atoms with Crippen molar-refractivity contribution in [2.24, 2.45) is 28.6 Å². The fourth-order valence-electron chi connectivity index (χ4n) is 8.51. The molecule has 37 heavy (non-hydrogen) atoms. The number of rotatable bonds is 4. The molecule has 196 valence electrons. The predicted molar refractivity (Wildman–Crippen MR) is 139 cm³/mol. The van der Waals surface area contributed by atoms with E-state index >= 15 is 0 Å². The van der Waals surface area contributed by atoms with E-state index in [1.165, 1.54) is 22.8 Å². The van der Waals surface area contributed by atoms with Crippen molar-refractivity contribution in [2.45, 2.75) is 78.1 Å². The van der Waals surface area contributed by atoms with Gasteiger partial charge >= 0.3 is 0 Å². The van der Waals surface area contributed by atoms with Crippen LogP contribution in [-0.2, 0) is 16.0 Å². The monoisotopic (exact) mass is 523 g/mol. The van der Waals surface area contributed by atoms with Crippen molar-refractivity contribution in [2.75, 3.05) is 4.90 Å². The van der Waals surface area contributed by atoms with Gasteiger partial charge in [0.25, 0.3) is 5.09 Å². The molecule has 9 heteroatoms. The Bertz CT molecular complexity index is 1290. The lowest BCUT2D eigenvalue weighted by Crippen LogP contribution is -2.52. The van der Waals surface area contributed by atoms with E-state index in [-0.39, 0.29) is 22.5 Å². The van der Waals surface area contributed by atoms with Gasteiger partial charge in [-0.05, 0) is 80.2 Å². The number of benzene rings is 1. The second-order valence-corrected chi connectivity index (χ2v) is 12.9. The molecule has 2 aromatic rings. The summed E-state index contributed by atoms with van der Waals surface area (Å²) < 4.78 is 0. The smallest absolute Gasteiger partial charge is 0.299 e. The molecule has 1 aromatic heterocycles. The van der Waals surface area contributed by atoms with Crippen molar-refractivity contribution in [3.05, 3.63) is 45.0 Å². The SMILES string of the molecule is CC(=O)N(c1nc2c(s1)C1CC[C@@H]3[C@H](CC[C@]4(C)C(=O)CC[C@@H]34)[C@@]1(C)CC2)c1ccccc1O[N+](=O)[O-]. The number of fused-ring (bicyclic) bond motifs is 7. The van der Waals surface area contributed by atoms with Crippen molar-refractivity contribution in [1.82, 2.24) is 4.98 Å². The summed E-state index contributed by atoms with van der Waals surface area (Å²) in [6.45, 7) is 6.13. The molecule has 0 radical (unpaired) electrons. The zero-order chi connectivity index (χ0) is 26.1. The maximum atomic E-state index is 12.8. The highest BCUT2D eigenvalue weighted by atomic mass is 32.1. The van der Waals surface area contributed by atoms with Gasteiger partial charge in [0.05, 0.1) is 11.4 Å². The number of anilines is 2. The number of thiazole rings is 1. The van der Waals surface area contributed by atoms with Crippen molar-refractivity contribution < 1.29 is 19.5 Å². The van der Waals surface area contributed by atoms with Crippen molar-refractivity contribution in [3.63, 3.8) is 0 Å². The number of para-hydroxylation sites is 2. The molecule has 1 amide bonds. The van der Waals surface area contributed by atoms with Gasteiger partial charge in [-0.15, -0.1) is 21.5 Å². The number of aromatic nitrogens is 1. The van der Waals surface area contributed by atoms with E-state index in [1.54, 1.807) is 29.5 Å². The minimum Gasteiger partial charge on any atom is -0.299 e. The first-order valence-corrected chi connectivity index (χ1v) is 14.2. The molecule has 0 bridgehead atoms. The minimum absolute atomic E-state index is 0.0117. The molecule has 3 saturated carbocycles. The first-order valence-electron chi connectivity index (χ1n) is 13.4. The second kappa shape index (κ2) is 8.61. The number of carbonyl (C=O) groups is 2. The fraction of sp³-hybridized carbons (Fsp3) is 0.607. The summed E-state index contributed by atoms with van der Waals surface area (Å²) in [5.41, 5.74) is 1.40. The lowest BCUT2D eigenvalue weighted by atomic mass is 9.46. The van der Waals surface area contributed by atoms with Crippen LogP contribution in [0, 0.1) is 38.7 Å². The molecular weight excluding hydrogens is 490 g/mol. The van der Waals surface area contributed by atoms with Gasteiger partial charge in [-0.25, -0.2) is 4.98 Å². The van der Waals surface area contributed by atoms with Crippen LogP contribution in [0.1, 0.15) is 82.2 Å². The minimum atomic E-state index is -0.860. The summed E-state index contributed by atoms with van der Waals surface area (Å²) in [4.78, 5) is 49.1. The van der Waals surface area contributed by atoms with Gasteiger partial charge in [0.1, 0.15) is 11.5 Å². The lowest BCUT2D eigenvalue weighted by molar-refractivity contribution is -0.710. The molecule has 6 atom stereocenters. The van der Waals surface area contributed by atoms with Crippen molar-refractivity contribution in [1.29, 1.82) is 0 Å². The van der Waals surface area contributed by atoms with E-state index in [9.17, 15) is 19.7 Å². The number of hydrogen-bond donors (Lipinski definition) is 0. The summed E-state index contributed by atoms with van der Waals surface area (Å²) in [5.74, 6) is 2.33. The highest BCUT2D eigenvalue weighted by molar-refractivity contribution is 7.16. The molecule has 4 aliphatic carbocycles. The summed E-state index contributed by atoms with van der Waals surface area (Å²) in [6.07, 6.45) is 8.06. The Morgan fingerprint density at radius 2 is 1.92 bits per heavy atom. The van der Waals surface area contributed by atoms with Crippen LogP contribution >= 0.6 is 11.3 Å². The van der Waals surface area contributed by atoms with Gasteiger partial charge < -0.3 is 0 Å². The summed E-state index contributed by atoms with van der Waals surface area (Å²) in [6, 6.07) is 6.52. The number of ketones is 1. The first kappa shape index (κ1) is 24.5. The molecule has 8 nitrogen and oxygen atoms in total. The van der Waals surface area contributed by atoms with Gasteiger partial charge in [0.2, 0.25) is 5.91 Å². The Hall–Kier alpha value is -2.81. The Labute approximate surface area is 220 Å². The second-order valence-electron chi connectivity index (χ2n) is 11.9. The average molecular weight is 524 g/mol. The van der Waals surface area contributed by atoms with Crippen LogP contribution in [0.5, 0.6) is 5.75 Å². The van der Waals surface area contributed by atoms with Gasteiger partial charge in [0, 0.05) is 29.6 Å². The zero-order valence-corrected chi connectivity index (χ0v) is 22.4. The molecule has 0 aliphatic heterocycles. The van der Waals surface area contributed by atoms with Gasteiger partial charge in [-0.2, -0.15) is 0 Å². The molecule has 1 heterocycles. The van der Waals surface area contributed by atoms with Gasteiger partial charge in [-0.1, -0.05) is 26.0 Å². The van der Waals surface area contributed by atoms with Crippen LogP contribution in [0.2, 0.25) is 0 Å². The standard InChI is InChI=1S/C28H33N3O5S/c1-16(32)30(22-6-4-5-7-23(22)36-31(34)35)26-29-21-13-15-27(2)19-12-14-28(3)18(10-11-24(28)33)17(19)8-9-20(27)25(21)37-26/h4-7,17-20H,8-15H2,1-3H3/t17-,18-,19-,20?,27+,28-/m0/s1. The van der Waals surface area contributed by atoms with E-state index in [0.717, 1.165) is 57.1 Å². The third kappa shape index (κ3) is 3.64. The van der Waals surface area contributed by atoms with Crippen LogP contribution in [0.15, 0.2) is 24.3 Å². The number of nitrogens with zero attached hydrogens (tertiary/aromatic N) is 3. The molecule has 0 spiro atoms. The van der Waals surface area contributed by atoms with Crippen LogP contribution in [0.3, 0.4) is 0 Å². The molecule has 0 N–H and O–H groups in total. The summed E-state index contributed by atoms with van der Waals surface area (Å²) >= 11 is 1.55. The number of carbonyl (C=O) groups excluding carboxylic acids is 2. The van der Waals surface area contributed by atoms with Crippen LogP contribution in [-0.4, -0.2) is 21.8 Å². The first-order chi connectivity index (χ1) is 17.6. The Morgan fingerprint density at radius 1 is 1.14 bits per heavy atom. The third-order valence-corrected chi connectivity index (χ3v) is 11.5. The summed E-state index contributed by atoms with van der Waals surface area (Å²) in [5, 5.41) is 10.8. The molecule has 1 aromatic carbocycles. The molecular formula is C28H33N3O5S. The Morgan fingerprint density at radius 3 is 2.68 bits per heavy atom. The predicted octanol–water partition coefficient (Wildman–Crippen LogP) is 6.24. The van der Waals surface area contributed by atoms with Crippen LogP contribution in [0.4, 0.5) is 10.8 Å². The summed E-state index contributed by atoms with van der Waals surface area (Å²) in [7, 11) is 0. The zero-order valence-electron chi connectivity index (χ0n) is 21.6. The molecule has 1 unspecified atom stereocenters. The average Bonchev–Trinajstić information content (AvgIpc) is 3.40. The largest absolute Gasteiger partial charge is 0.299 e. The quantitative estimate of drug-likeness (QED) is 0.347. The molecule has 3 fully saturated rings. The van der Waals surface area contributed by atoms with E-state index in [2.05, 4.69) is 13.8 Å². The molecule has 0 saturated heterocycles. The van der Waals surface area contributed by atoms with Crippen molar-refractivity contribution >= 4 is 33.8 Å². The maximum Gasteiger partial charge on any atom is 0.299 e. The van der Waals surface area contributed by atoms with E-state index in [0.29, 0.717) is 40.3 Å². The number of hydrogen-bond acceptors (Lipinski definition) is 7. The van der Waals surface area contributed by atoms with E-state index in [1.807, 2.05) is 0 Å². The van der Waals surface area contributed by atoms with Crippen molar-refractivity contribution in [3.8, 4) is 5.75 Å². The van der Waals surface area contributed by atoms with Crippen LogP contribution in [0.25, 0.3) is 0 Å². The highest BCUT2D eigenvalue weighted by Gasteiger charge is 2.60. The van der Waals surface area contributed by atoms with Gasteiger partial charge in [-0.3, -0.25) is 19.3 Å². The number of aryl methyl sites for hydroxylation is 1. The van der Waals surface area contributed by atoms with E-state index in [4.69, 9.17) is 9.82 Å². The number of Topliss-reactive ketones (excluding diaryl/α,β-unsaturated/α-hetero) is 1. The Kier molecular flexibility index (Phi) is 5.71. The Balaban J connectivity index is 1.34. The molecule has 6 rings (SSSR count). The lowest BCUT2D eigenvalue weighted by Gasteiger charge is -2.59. The molecule has 4 aliphatic rings. The fourth-order valence-corrected chi connectivity index (χ4v) is 9.98. The van der Waals surface area contributed by atoms with E-state index < -0.39 is 5.09 Å².